The van der Waals surface area contributed by atoms with Crippen molar-refractivity contribution >= 4 is 34.0 Å². The molecule has 0 aliphatic carbocycles. The Morgan fingerprint density at radius 1 is 1.12 bits per heavy atom. The SMILES string of the molecule is Cc1cc(F)c(NC(=O)NCCC(C)(C)C)cc1Nc1ccc2ncn(C)c(=O)c2c1F. The number of hydrogen-bond donors (Lipinski definition) is 3. The fraction of sp³-hybridized carbons (Fsp3) is 0.348. The molecule has 0 saturated carbocycles. The van der Waals surface area contributed by atoms with Crippen LogP contribution in [0.25, 0.3) is 10.9 Å². The fourth-order valence-electron chi connectivity index (χ4n) is 3.12. The van der Waals surface area contributed by atoms with E-state index in [1.54, 1.807) is 6.92 Å². The summed E-state index contributed by atoms with van der Waals surface area (Å²) in [6.07, 6.45) is 2.09. The van der Waals surface area contributed by atoms with Gasteiger partial charge in [-0.2, -0.15) is 0 Å². The van der Waals surface area contributed by atoms with Gasteiger partial charge in [0.05, 0.1) is 23.2 Å². The number of nitrogens with zero attached hydrogens (tertiary/aromatic N) is 2. The molecule has 3 N–H and O–H groups in total. The van der Waals surface area contributed by atoms with Crippen molar-refractivity contribution in [2.75, 3.05) is 17.2 Å². The molecule has 0 spiro atoms. The summed E-state index contributed by atoms with van der Waals surface area (Å²) >= 11 is 0. The van der Waals surface area contributed by atoms with Crippen LogP contribution in [0.1, 0.15) is 32.8 Å². The van der Waals surface area contributed by atoms with Crippen molar-refractivity contribution in [3.63, 3.8) is 0 Å². The van der Waals surface area contributed by atoms with Crippen LogP contribution >= 0.6 is 0 Å². The average molecular weight is 443 g/mol. The maximum absolute atomic E-state index is 15.1. The van der Waals surface area contributed by atoms with E-state index < -0.39 is 23.2 Å². The predicted molar refractivity (Wildman–Crippen MR) is 122 cm³/mol. The topological polar surface area (TPSA) is 88.1 Å². The summed E-state index contributed by atoms with van der Waals surface area (Å²) in [6.45, 7) is 8.27. The van der Waals surface area contributed by atoms with E-state index in [-0.39, 0.29) is 27.7 Å². The second-order valence-electron chi connectivity index (χ2n) is 8.95. The van der Waals surface area contributed by atoms with Crippen molar-refractivity contribution in [3.8, 4) is 0 Å². The van der Waals surface area contributed by atoms with E-state index in [1.807, 2.05) is 0 Å². The normalized spacial score (nSPS) is 11.5. The van der Waals surface area contributed by atoms with Gasteiger partial charge in [-0.3, -0.25) is 4.79 Å². The molecule has 170 valence electrons. The smallest absolute Gasteiger partial charge is 0.319 e. The summed E-state index contributed by atoms with van der Waals surface area (Å²) in [5.74, 6) is -1.37. The molecule has 0 radical (unpaired) electrons. The number of rotatable bonds is 5. The van der Waals surface area contributed by atoms with E-state index in [4.69, 9.17) is 0 Å². The quantitative estimate of drug-likeness (QED) is 0.528. The lowest BCUT2D eigenvalue weighted by Crippen LogP contribution is -2.31. The molecule has 9 heteroatoms. The molecule has 0 bridgehead atoms. The molecule has 0 unspecified atom stereocenters. The number of aryl methyl sites for hydroxylation is 2. The first-order chi connectivity index (χ1) is 15.0. The third kappa shape index (κ3) is 5.22. The lowest BCUT2D eigenvalue weighted by Gasteiger charge is -2.18. The number of benzene rings is 2. The molecule has 0 fully saturated rings. The first kappa shape index (κ1) is 23.2. The molecule has 0 saturated heterocycles. The molecule has 3 aromatic rings. The largest absolute Gasteiger partial charge is 0.353 e. The summed E-state index contributed by atoms with van der Waals surface area (Å²) < 4.78 is 30.7. The minimum absolute atomic E-state index is 0.0397. The van der Waals surface area contributed by atoms with Crippen LogP contribution in [0.3, 0.4) is 0 Å². The van der Waals surface area contributed by atoms with Crippen LogP contribution in [0.5, 0.6) is 0 Å². The van der Waals surface area contributed by atoms with Gasteiger partial charge in [0.25, 0.3) is 5.56 Å². The summed E-state index contributed by atoms with van der Waals surface area (Å²) in [7, 11) is 1.49. The lowest BCUT2D eigenvalue weighted by atomic mass is 9.92. The van der Waals surface area contributed by atoms with Crippen LogP contribution in [0.4, 0.5) is 30.6 Å². The van der Waals surface area contributed by atoms with Crippen molar-refractivity contribution in [2.24, 2.45) is 12.5 Å². The highest BCUT2D eigenvalue weighted by atomic mass is 19.1. The standard InChI is InChI=1S/C23H27F2N5O2/c1-13-10-14(24)18(29-22(32)26-9-8-23(2,3)4)11-17(13)28-16-7-6-15-19(20(16)25)21(31)30(5)12-27-15/h6-7,10-12,28H,8-9H2,1-5H3,(H2,26,29,32). The number of fused-ring (bicyclic) bond motifs is 1. The summed E-state index contributed by atoms with van der Waals surface area (Å²) in [4.78, 5) is 28.6. The molecule has 1 aromatic heterocycles. The minimum atomic E-state index is -0.755. The van der Waals surface area contributed by atoms with Gasteiger partial charge in [-0.1, -0.05) is 20.8 Å². The fourth-order valence-corrected chi connectivity index (χ4v) is 3.12. The minimum Gasteiger partial charge on any atom is -0.353 e. The molecule has 7 nitrogen and oxygen atoms in total. The second kappa shape index (κ2) is 8.94. The molecule has 1 heterocycles. The number of anilines is 3. The maximum Gasteiger partial charge on any atom is 0.319 e. The summed E-state index contributed by atoms with van der Waals surface area (Å²) in [5, 5.41) is 7.94. The van der Waals surface area contributed by atoms with E-state index in [9.17, 15) is 14.0 Å². The summed E-state index contributed by atoms with van der Waals surface area (Å²) in [6, 6.07) is 5.09. The van der Waals surface area contributed by atoms with Gasteiger partial charge in [-0.05, 0) is 48.6 Å². The van der Waals surface area contributed by atoms with Gasteiger partial charge < -0.3 is 20.5 Å². The highest BCUT2D eigenvalue weighted by Gasteiger charge is 2.16. The number of nitrogens with one attached hydrogen (secondary N) is 3. The Morgan fingerprint density at radius 2 is 1.84 bits per heavy atom. The van der Waals surface area contributed by atoms with Gasteiger partial charge in [0, 0.05) is 19.3 Å². The number of carbonyl (C=O) groups is 1. The van der Waals surface area contributed by atoms with E-state index in [0.29, 0.717) is 17.8 Å². The van der Waals surface area contributed by atoms with Crippen LogP contribution in [0.15, 0.2) is 35.4 Å². The van der Waals surface area contributed by atoms with Gasteiger partial charge >= 0.3 is 6.03 Å². The van der Waals surface area contributed by atoms with Gasteiger partial charge in [0.1, 0.15) is 11.2 Å². The highest BCUT2D eigenvalue weighted by molar-refractivity contribution is 5.90. The third-order valence-electron chi connectivity index (χ3n) is 5.02. The zero-order chi connectivity index (χ0) is 23.6. The number of urea groups is 1. The maximum atomic E-state index is 15.1. The molecule has 3 rings (SSSR count). The van der Waals surface area contributed by atoms with Crippen LogP contribution in [-0.4, -0.2) is 22.1 Å². The van der Waals surface area contributed by atoms with Crippen LogP contribution in [0.2, 0.25) is 0 Å². The van der Waals surface area contributed by atoms with E-state index in [0.717, 1.165) is 6.42 Å². The number of aromatic nitrogens is 2. The van der Waals surface area contributed by atoms with E-state index in [2.05, 4.69) is 41.7 Å². The number of amides is 2. The van der Waals surface area contributed by atoms with Crippen LogP contribution in [-0.2, 0) is 7.05 Å². The average Bonchev–Trinajstić information content (AvgIpc) is 2.69. The number of halogens is 2. The zero-order valence-electron chi connectivity index (χ0n) is 18.8. The molecular weight excluding hydrogens is 416 g/mol. The predicted octanol–water partition coefficient (Wildman–Crippen LogP) is 4.82. The molecule has 0 aliphatic heterocycles. The molecular formula is C23H27F2N5O2. The van der Waals surface area contributed by atoms with Crippen molar-refractivity contribution < 1.29 is 13.6 Å². The molecule has 0 atom stereocenters. The van der Waals surface area contributed by atoms with E-state index >= 15 is 4.39 Å². The monoisotopic (exact) mass is 443 g/mol. The first-order valence-electron chi connectivity index (χ1n) is 10.2. The van der Waals surface area contributed by atoms with Gasteiger partial charge in [0.15, 0.2) is 5.82 Å². The molecule has 0 aliphatic rings. The van der Waals surface area contributed by atoms with Gasteiger partial charge in [-0.25, -0.2) is 18.6 Å². The van der Waals surface area contributed by atoms with Crippen LogP contribution < -0.4 is 21.5 Å². The Kier molecular flexibility index (Phi) is 6.47. The Labute approximate surface area is 184 Å². The molecule has 32 heavy (non-hydrogen) atoms. The third-order valence-corrected chi connectivity index (χ3v) is 5.02. The molecule has 2 aromatic carbocycles. The van der Waals surface area contributed by atoms with Crippen molar-refractivity contribution in [1.82, 2.24) is 14.9 Å². The molecule has 2 amide bonds. The Balaban J connectivity index is 1.85. The van der Waals surface area contributed by atoms with Crippen LogP contribution in [0, 0.1) is 24.0 Å². The van der Waals surface area contributed by atoms with Gasteiger partial charge in [0.2, 0.25) is 0 Å². The lowest BCUT2D eigenvalue weighted by molar-refractivity contribution is 0.250. The van der Waals surface area contributed by atoms with E-state index in [1.165, 1.54) is 42.2 Å². The summed E-state index contributed by atoms with van der Waals surface area (Å²) in [5.41, 5.74) is 0.653. The first-order valence-corrected chi connectivity index (χ1v) is 10.2. The van der Waals surface area contributed by atoms with Crippen molar-refractivity contribution in [1.29, 1.82) is 0 Å². The van der Waals surface area contributed by atoms with Crippen molar-refractivity contribution in [2.45, 2.75) is 34.1 Å². The van der Waals surface area contributed by atoms with Crippen molar-refractivity contribution in [3.05, 3.63) is 58.1 Å². The van der Waals surface area contributed by atoms with Gasteiger partial charge in [-0.15, -0.1) is 0 Å². The highest BCUT2D eigenvalue weighted by Crippen LogP contribution is 2.29. The number of hydrogen-bond acceptors (Lipinski definition) is 4. The Bertz CT molecular complexity index is 1230. The second-order valence-corrected chi connectivity index (χ2v) is 8.95. The Hall–Kier alpha value is -3.49. The number of carbonyl (C=O) groups excluding carboxylic acids is 1. The Morgan fingerprint density at radius 3 is 2.53 bits per heavy atom. The zero-order valence-corrected chi connectivity index (χ0v) is 18.8.